The van der Waals surface area contributed by atoms with Crippen molar-refractivity contribution in [3.05, 3.63) is 77.0 Å². The molecule has 0 bridgehead atoms. The van der Waals surface area contributed by atoms with Gasteiger partial charge in [-0.05, 0) is 60.9 Å². The van der Waals surface area contributed by atoms with Crippen LogP contribution >= 0.6 is 0 Å². The van der Waals surface area contributed by atoms with E-state index in [1.54, 1.807) is 51.6 Å². The topological polar surface area (TPSA) is 96.2 Å². The van der Waals surface area contributed by atoms with Crippen LogP contribution in [0.3, 0.4) is 0 Å². The maximum atomic E-state index is 13.3. The summed E-state index contributed by atoms with van der Waals surface area (Å²) >= 11 is 0. The summed E-state index contributed by atoms with van der Waals surface area (Å²) in [5, 5.41) is 0. The number of benzene rings is 1. The van der Waals surface area contributed by atoms with Crippen molar-refractivity contribution in [1.29, 1.82) is 0 Å². The van der Waals surface area contributed by atoms with E-state index in [9.17, 15) is 13.2 Å². The number of aromatic nitrogens is 1. The molecule has 1 saturated heterocycles. The Morgan fingerprint density at radius 1 is 1.08 bits per heavy atom. The molecule has 0 atom stereocenters. The Labute approximate surface area is 212 Å². The number of piperazine rings is 1. The van der Waals surface area contributed by atoms with Crippen molar-refractivity contribution in [2.24, 2.45) is 0 Å². The van der Waals surface area contributed by atoms with Crippen LogP contribution < -0.4 is 4.74 Å². The average Bonchev–Trinajstić information content (AvgIpc) is 3.32. The zero-order valence-electron chi connectivity index (χ0n) is 21.1. The molecule has 10 heteroatoms. The number of nitrogens with zero attached hydrogens (tertiary/aromatic N) is 4. The molecule has 0 spiro atoms. The van der Waals surface area contributed by atoms with Crippen LogP contribution in [0.4, 0.5) is 0 Å². The molecule has 0 N–H and O–H groups in total. The summed E-state index contributed by atoms with van der Waals surface area (Å²) < 4.78 is 38.6. The third-order valence-electron chi connectivity index (χ3n) is 6.43. The number of rotatable bonds is 8. The van der Waals surface area contributed by atoms with Crippen molar-refractivity contribution in [2.75, 3.05) is 40.3 Å². The van der Waals surface area contributed by atoms with Gasteiger partial charge in [-0.2, -0.15) is 4.31 Å². The number of carbonyl (C=O) groups excluding carboxylic acids is 1. The molecule has 9 nitrogen and oxygen atoms in total. The molecular weight excluding hydrogens is 480 g/mol. The number of sulfonamides is 1. The minimum atomic E-state index is -3.77. The molecule has 36 heavy (non-hydrogen) atoms. The Morgan fingerprint density at radius 2 is 1.72 bits per heavy atom. The first-order chi connectivity index (χ1) is 17.2. The first-order valence-electron chi connectivity index (χ1n) is 11.8. The molecule has 1 aromatic carbocycles. The van der Waals surface area contributed by atoms with E-state index in [4.69, 9.17) is 9.15 Å². The molecule has 0 unspecified atom stereocenters. The predicted molar refractivity (Wildman–Crippen MR) is 135 cm³/mol. The molecule has 1 aliphatic heterocycles. The quantitative estimate of drug-likeness (QED) is 0.458. The summed E-state index contributed by atoms with van der Waals surface area (Å²) in [6.07, 6.45) is 4.98. The van der Waals surface area contributed by atoms with Crippen LogP contribution in [-0.4, -0.2) is 73.8 Å². The number of amides is 1. The summed E-state index contributed by atoms with van der Waals surface area (Å²) in [6.45, 7) is 7.13. The number of hydrogen-bond donors (Lipinski definition) is 0. The standard InChI is InChI=1S/C26H32N4O5S/c1-19-13-23(34-4)14-20(2)25(19)36(32,33)28(3)17-24-15-22(18-35-24)26(31)30-11-9-29(10-12-30)16-21-5-7-27-8-6-21/h5-8,13-15,18H,9-12,16-17H2,1-4H3. The van der Waals surface area contributed by atoms with E-state index in [1.807, 2.05) is 17.0 Å². The molecule has 1 fully saturated rings. The Morgan fingerprint density at radius 3 is 2.33 bits per heavy atom. The van der Waals surface area contributed by atoms with Crippen LogP contribution in [0, 0.1) is 13.8 Å². The summed E-state index contributed by atoms with van der Waals surface area (Å²) in [5.74, 6) is 0.907. The van der Waals surface area contributed by atoms with Gasteiger partial charge in [0.25, 0.3) is 5.91 Å². The van der Waals surface area contributed by atoms with Gasteiger partial charge in [0.2, 0.25) is 10.0 Å². The monoisotopic (exact) mass is 512 g/mol. The summed E-state index contributed by atoms with van der Waals surface area (Å²) in [7, 11) is -0.721. The molecule has 0 aliphatic carbocycles. The number of carbonyl (C=O) groups is 1. The number of hydrogen-bond acceptors (Lipinski definition) is 7. The highest BCUT2D eigenvalue weighted by molar-refractivity contribution is 7.89. The van der Waals surface area contributed by atoms with Crippen molar-refractivity contribution < 1.29 is 22.4 Å². The smallest absolute Gasteiger partial charge is 0.257 e. The van der Waals surface area contributed by atoms with Crippen molar-refractivity contribution in [3.8, 4) is 5.75 Å². The summed E-state index contributed by atoms with van der Waals surface area (Å²) in [6, 6.07) is 9.03. The average molecular weight is 513 g/mol. The maximum Gasteiger partial charge on any atom is 0.257 e. The van der Waals surface area contributed by atoms with Crippen molar-refractivity contribution >= 4 is 15.9 Å². The second kappa shape index (κ2) is 10.8. The van der Waals surface area contributed by atoms with Crippen LogP contribution in [0.1, 0.15) is 32.8 Å². The van der Waals surface area contributed by atoms with Crippen LogP contribution in [0.5, 0.6) is 5.75 Å². The van der Waals surface area contributed by atoms with E-state index in [1.165, 1.54) is 23.2 Å². The van der Waals surface area contributed by atoms with Gasteiger partial charge in [-0.1, -0.05) is 0 Å². The molecule has 4 rings (SSSR count). The largest absolute Gasteiger partial charge is 0.497 e. The number of ether oxygens (including phenoxy) is 1. The Kier molecular flexibility index (Phi) is 7.77. The van der Waals surface area contributed by atoms with Crippen molar-refractivity contribution in [2.45, 2.75) is 31.8 Å². The Bertz CT molecular complexity index is 1290. The van der Waals surface area contributed by atoms with Gasteiger partial charge in [0.05, 0.1) is 24.1 Å². The Balaban J connectivity index is 1.37. The lowest BCUT2D eigenvalue weighted by Crippen LogP contribution is -2.48. The molecular formula is C26H32N4O5S. The minimum Gasteiger partial charge on any atom is -0.497 e. The van der Waals surface area contributed by atoms with Gasteiger partial charge >= 0.3 is 0 Å². The third kappa shape index (κ3) is 5.61. The van der Waals surface area contributed by atoms with Crippen molar-refractivity contribution in [1.82, 2.24) is 19.1 Å². The maximum absolute atomic E-state index is 13.3. The lowest BCUT2D eigenvalue weighted by Gasteiger charge is -2.34. The van der Waals surface area contributed by atoms with Gasteiger partial charge in [0.1, 0.15) is 17.8 Å². The third-order valence-corrected chi connectivity index (χ3v) is 8.54. The molecule has 1 aliphatic rings. The van der Waals surface area contributed by atoms with Gasteiger partial charge in [0.15, 0.2) is 0 Å². The molecule has 0 saturated carbocycles. The number of aryl methyl sites for hydroxylation is 2. The van der Waals surface area contributed by atoms with E-state index in [2.05, 4.69) is 9.88 Å². The fraction of sp³-hybridized carbons (Fsp3) is 0.385. The second-order valence-corrected chi connectivity index (χ2v) is 11.1. The molecule has 192 valence electrons. The molecule has 3 heterocycles. The van der Waals surface area contributed by atoms with Gasteiger partial charge in [0, 0.05) is 52.2 Å². The fourth-order valence-corrected chi connectivity index (χ4v) is 6.05. The SMILES string of the molecule is COc1cc(C)c(S(=O)(=O)N(C)Cc2cc(C(=O)N3CCN(Cc4ccncc4)CC3)co2)c(C)c1. The minimum absolute atomic E-state index is 0.0141. The second-order valence-electron chi connectivity index (χ2n) is 9.08. The van der Waals surface area contributed by atoms with Crippen LogP contribution in [0.25, 0.3) is 0 Å². The summed E-state index contributed by atoms with van der Waals surface area (Å²) in [4.78, 5) is 21.4. The lowest BCUT2D eigenvalue weighted by molar-refractivity contribution is 0.0627. The van der Waals surface area contributed by atoms with E-state index in [0.717, 1.165) is 19.6 Å². The zero-order chi connectivity index (χ0) is 25.9. The van der Waals surface area contributed by atoms with Crippen LogP contribution in [-0.2, 0) is 23.1 Å². The van der Waals surface area contributed by atoms with Gasteiger partial charge in [-0.25, -0.2) is 8.42 Å². The number of methoxy groups -OCH3 is 1. The normalized spacial score (nSPS) is 14.9. The first kappa shape index (κ1) is 25.9. The first-order valence-corrected chi connectivity index (χ1v) is 13.2. The highest BCUT2D eigenvalue weighted by atomic mass is 32.2. The summed E-state index contributed by atoms with van der Waals surface area (Å²) in [5.41, 5.74) is 2.84. The highest BCUT2D eigenvalue weighted by Gasteiger charge is 2.28. The van der Waals surface area contributed by atoms with E-state index in [-0.39, 0.29) is 17.3 Å². The van der Waals surface area contributed by atoms with E-state index < -0.39 is 10.0 Å². The molecule has 0 radical (unpaired) electrons. The highest BCUT2D eigenvalue weighted by Crippen LogP contribution is 2.28. The van der Waals surface area contributed by atoms with Gasteiger partial charge < -0.3 is 14.1 Å². The predicted octanol–water partition coefficient (Wildman–Crippen LogP) is 3.08. The number of furan rings is 1. The molecule has 3 aromatic rings. The van der Waals surface area contributed by atoms with Crippen LogP contribution in [0.15, 0.2) is 58.3 Å². The number of pyridine rings is 1. The van der Waals surface area contributed by atoms with Gasteiger partial charge in [-0.15, -0.1) is 0 Å². The van der Waals surface area contributed by atoms with Crippen LogP contribution in [0.2, 0.25) is 0 Å². The lowest BCUT2D eigenvalue weighted by atomic mass is 10.1. The zero-order valence-corrected chi connectivity index (χ0v) is 21.9. The Hall–Kier alpha value is -3.21. The fourth-order valence-electron chi connectivity index (χ4n) is 4.51. The van der Waals surface area contributed by atoms with E-state index >= 15 is 0 Å². The van der Waals surface area contributed by atoms with E-state index in [0.29, 0.717) is 41.3 Å². The van der Waals surface area contributed by atoms with Gasteiger partial charge in [-0.3, -0.25) is 14.7 Å². The molecule has 1 amide bonds. The molecule has 2 aromatic heterocycles. The van der Waals surface area contributed by atoms with Crippen molar-refractivity contribution in [3.63, 3.8) is 0 Å².